The van der Waals surface area contributed by atoms with Crippen molar-refractivity contribution >= 4 is 17.7 Å². The second-order valence-electron chi connectivity index (χ2n) is 5.39. The molecule has 1 unspecified atom stereocenters. The Morgan fingerprint density at radius 2 is 1.95 bits per heavy atom. The smallest absolute Gasteiger partial charge is 0.245 e. The highest BCUT2D eigenvalue weighted by atomic mass is 32.2. The quantitative estimate of drug-likeness (QED) is 0.859. The number of nitrogens with zero attached hydrogens (tertiary/aromatic N) is 1. The number of carbonyl (C=O) groups is 1. The maximum atomic E-state index is 12.8. The molecule has 1 aliphatic heterocycles. The van der Waals surface area contributed by atoms with Gasteiger partial charge in [-0.3, -0.25) is 4.79 Å². The highest BCUT2D eigenvalue weighted by molar-refractivity contribution is 8.04. The third kappa shape index (κ3) is 2.95. The lowest BCUT2D eigenvalue weighted by Crippen LogP contribution is -2.54. The van der Waals surface area contributed by atoms with Crippen LogP contribution in [0.5, 0.6) is 0 Å². The summed E-state index contributed by atoms with van der Waals surface area (Å²) in [6, 6.07) is -0.159. The van der Waals surface area contributed by atoms with Crippen LogP contribution in [0, 0.1) is 0 Å². The molecule has 4 heteroatoms. The Labute approximate surface area is 120 Å². The van der Waals surface area contributed by atoms with E-state index in [1.54, 1.807) is 17.8 Å². The van der Waals surface area contributed by atoms with Crippen LogP contribution in [0.25, 0.3) is 0 Å². The van der Waals surface area contributed by atoms with E-state index in [0.717, 1.165) is 10.6 Å². The Bertz CT molecular complexity index is 424. The number of likely N-dealkylation sites (N-methyl/N-ethyl adjacent to an activating group) is 1. The van der Waals surface area contributed by atoms with E-state index in [9.17, 15) is 4.79 Å². The van der Waals surface area contributed by atoms with Crippen LogP contribution in [0.1, 0.15) is 27.7 Å². The van der Waals surface area contributed by atoms with Crippen molar-refractivity contribution in [2.45, 2.75) is 44.5 Å². The van der Waals surface area contributed by atoms with E-state index in [-0.39, 0.29) is 22.7 Å². The van der Waals surface area contributed by atoms with E-state index in [0.29, 0.717) is 0 Å². The molecule has 1 aliphatic rings. The van der Waals surface area contributed by atoms with Crippen molar-refractivity contribution in [2.75, 3.05) is 7.05 Å². The molecule has 0 fully saturated rings. The van der Waals surface area contributed by atoms with Gasteiger partial charge >= 0.3 is 0 Å². The molecule has 0 saturated carbocycles. The van der Waals surface area contributed by atoms with Gasteiger partial charge in [0.15, 0.2) is 0 Å². The van der Waals surface area contributed by atoms with Gasteiger partial charge in [-0.15, -0.1) is 11.8 Å². The zero-order valence-corrected chi connectivity index (χ0v) is 13.3. The van der Waals surface area contributed by atoms with Crippen LogP contribution in [-0.4, -0.2) is 34.7 Å². The van der Waals surface area contributed by atoms with E-state index >= 15 is 0 Å². The molecule has 0 aromatic heterocycles. The Hall–Kier alpha value is -1.000. The Kier molecular flexibility index (Phi) is 5.04. The van der Waals surface area contributed by atoms with Crippen LogP contribution in [0.4, 0.5) is 0 Å². The molecule has 3 nitrogen and oxygen atoms in total. The van der Waals surface area contributed by atoms with E-state index in [2.05, 4.69) is 32.3 Å². The summed E-state index contributed by atoms with van der Waals surface area (Å²) in [5.74, 6) is 0.0850. The van der Waals surface area contributed by atoms with Crippen LogP contribution in [0.2, 0.25) is 0 Å². The van der Waals surface area contributed by atoms with Gasteiger partial charge in [0, 0.05) is 15.7 Å². The van der Waals surface area contributed by atoms with Gasteiger partial charge < -0.3 is 10.2 Å². The number of amides is 1. The summed E-state index contributed by atoms with van der Waals surface area (Å²) in [7, 11) is 1.83. The zero-order valence-electron chi connectivity index (χ0n) is 12.5. The standard InChI is InChI=1S/C15H24N2OS/c1-8-11-12(9-2)19-15(5,6)13(16-7)14(18)17(11)10(3)4/h8-10,13,16H,1-2H2,3-7H3. The number of allylic oxidation sites excluding steroid dienone is 2. The van der Waals surface area contributed by atoms with Crippen molar-refractivity contribution < 1.29 is 4.79 Å². The predicted octanol–water partition coefficient (Wildman–Crippen LogP) is 2.92. The van der Waals surface area contributed by atoms with Crippen LogP contribution in [0.3, 0.4) is 0 Å². The maximum absolute atomic E-state index is 12.8. The molecular weight excluding hydrogens is 256 g/mol. The van der Waals surface area contributed by atoms with Gasteiger partial charge in [0.2, 0.25) is 5.91 Å². The van der Waals surface area contributed by atoms with Crippen molar-refractivity contribution in [3.05, 3.63) is 35.9 Å². The van der Waals surface area contributed by atoms with Gasteiger partial charge in [-0.25, -0.2) is 0 Å². The lowest BCUT2D eigenvalue weighted by molar-refractivity contribution is -0.133. The van der Waals surface area contributed by atoms with Crippen molar-refractivity contribution in [1.29, 1.82) is 0 Å². The van der Waals surface area contributed by atoms with E-state index < -0.39 is 0 Å². The molecule has 0 bridgehead atoms. The fourth-order valence-electron chi connectivity index (χ4n) is 2.42. The minimum atomic E-state index is -0.243. The lowest BCUT2D eigenvalue weighted by Gasteiger charge is -2.34. The Balaban J connectivity index is 3.47. The van der Waals surface area contributed by atoms with E-state index in [1.165, 1.54) is 0 Å². The van der Waals surface area contributed by atoms with Crippen molar-refractivity contribution in [3.8, 4) is 0 Å². The summed E-state index contributed by atoms with van der Waals surface area (Å²) in [5, 5.41) is 3.15. The minimum absolute atomic E-state index is 0.0841. The number of thioether (sulfide) groups is 1. The molecule has 0 spiro atoms. The minimum Gasteiger partial charge on any atom is -0.308 e. The fraction of sp³-hybridized carbons (Fsp3) is 0.533. The maximum Gasteiger partial charge on any atom is 0.245 e. The molecule has 1 atom stereocenters. The van der Waals surface area contributed by atoms with E-state index in [1.807, 2.05) is 31.9 Å². The molecule has 1 amide bonds. The van der Waals surface area contributed by atoms with Crippen LogP contribution < -0.4 is 5.32 Å². The lowest BCUT2D eigenvalue weighted by atomic mass is 10.0. The van der Waals surface area contributed by atoms with Crippen LogP contribution in [-0.2, 0) is 4.79 Å². The topological polar surface area (TPSA) is 32.3 Å². The normalized spacial score (nSPS) is 23.6. The van der Waals surface area contributed by atoms with Crippen LogP contribution in [0.15, 0.2) is 35.9 Å². The van der Waals surface area contributed by atoms with Crippen LogP contribution >= 0.6 is 11.8 Å². The molecule has 0 radical (unpaired) electrons. The summed E-state index contributed by atoms with van der Waals surface area (Å²) < 4.78 is -0.243. The third-order valence-electron chi connectivity index (χ3n) is 3.25. The Morgan fingerprint density at radius 1 is 1.37 bits per heavy atom. The first-order valence-electron chi connectivity index (χ1n) is 6.48. The molecule has 1 N–H and O–H groups in total. The molecule has 19 heavy (non-hydrogen) atoms. The largest absolute Gasteiger partial charge is 0.308 e. The average Bonchev–Trinajstić information content (AvgIpc) is 2.40. The van der Waals surface area contributed by atoms with Crippen molar-refractivity contribution in [3.63, 3.8) is 0 Å². The molecule has 1 heterocycles. The van der Waals surface area contributed by atoms with Gasteiger partial charge in [-0.2, -0.15) is 0 Å². The highest BCUT2D eigenvalue weighted by Gasteiger charge is 2.42. The predicted molar refractivity (Wildman–Crippen MR) is 83.9 cm³/mol. The molecule has 0 saturated heterocycles. The number of hydrogen-bond donors (Lipinski definition) is 1. The highest BCUT2D eigenvalue weighted by Crippen LogP contribution is 2.41. The second kappa shape index (κ2) is 5.97. The molecular formula is C15H24N2OS. The summed E-state index contributed by atoms with van der Waals surface area (Å²) in [6.07, 6.45) is 3.56. The number of carbonyl (C=O) groups excluding carboxylic acids is 1. The number of nitrogens with one attached hydrogen (secondary N) is 1. The first kappa shape index (κ1) is 16.1. The summed E-state index contributed by atoms with van der Waals surface area (Å²) >= 11 is 1.67. The molecule has 106 valence electrons. The summed E-state index contributed by atoms with van der Waals surface area (Å²) in [6.45, 7) is 15.9. The van der Waals surface area contributed by atoms with Gasteiger partial charge in [-0.1, -0.05) is 19.2 Å². The van der Waals surface area contributed by atoms with Gasteiger partial charge in [-0.05, 0) is 40.8 Å². The monoisotopic (exact) mass is 280 g/mol. The van der Waals surface area contributed by atoms with Gasteiger partial charge in [0.1, 0.15) is 6.04 Å². The van der Waals surface area contributed by atoms with Crippen molar-refractivity contribution in [2.24, 2.45) is 0 Å². The molecule has 1 rings (SSSR count). The Morgan fingerprint density at radius 3 is 2.32 bits per heavy atom. The third-order valence-corrected chi connectivity index (χ3v) is 4.61. The number of hydrogen-bond acceptors (Lipinski definition) is 3. The molecule has 0 aliphatic carbocycles. The first-order chi connectivity index (χ1) is 8.80. The fourth-order valence-corrected chi connectivity index (χ4v) is 3.69. The summed E-state index contributed by atoms with van der Waals surface area (Å²) in [5.41, 5.74) is 0.853. The molecule has 0 aromatic carbocycles. The van der Waals surface area contributed by atoms with Gasteiger partial charge in [0.25, 0.3) is 0 Å². The first-order valence-corrected chi connectivity index (χ1v) is 7.30. The van der Waals surface area contributed by atoms with Crippen molar-refractivity contribution in [1.82, 2.24) is 10.2 Å². The molecule has 0 aromatic rings. The average molecular weight is 280 g/mol. The SMILES string of the molecule is C=CC1=C(C=C)N(C(C)C)C(=O)C(NC)C(C)(C)S1. The summed E-state index contributed by atoms with van der Waals surface area (Å²) in [4.78, 5) is 15.6. The number of rotatable bonds is 4. The zero-order chi connectivity index (χ0) is 14.8. The van der Waals surface area contributed by atoms with E-state index in [4.69, 9.17) is 0 Å². The van der Waals surface area contributed by atoms with Gasteiger partial charge in [0.05, 0.1) is 5.70 Å². The second-order valence-corrected chi connectivity index (χ2v) is 7.08.